The van der Waals surface area contributed by atoms with Gasteiger partial charge in [-0.05, 0) is 26.8 Å². The van der Waals surface area contributed by atoms with Gasteiger partial charge in [-0.15, -0.1) is 0 Å². The summed E-state index contributed by atoms with van der Waals surface area (Å²) in [5, 5.41) is 9.16. The summed E-state index contributed by atoms with van der Waals surface area (Å²) in [6.45, 7) is 6.33. The van der Waals surface area contributed by atoms with Crippen molar-refractivity contribution in [3.8, 4) is 5.75 Å². The van der Waals surface area contributed by atoms with Crippen LogP contribution in [0.4, 0.5) is 4.79 Å². The summed E-state index contributed by atoms with van der Waals surface area (Å²) >= 11 is -1.42. The molecule has 3 rings (SSSR count). The summed E-state index contributed by atoms with van der Waals surface area (Å²) < 4.78 is 22.7. The molecule has 24 heavy (non-hydrogen) atoms. The van der Waals surface area contributed by atoms with Crippen LogP contribution in [0.1, 0.15) is 39.2 Å². The van der Waals surface area contributed by atoms with Crippen molar-refractivity contribution in [2.24, 2.45) is 4.40 Å². The van der Waals surface area contributed by atoms with Gasteiger partial charge in [-0.3, -0.25) is 4.98 Å². The number of piperidine rings is 1. The number of fused-ring (bicyclic) bond motifs is 1. The topological polar surface area (TPSA) is 98.1 Å². The Bertz CT molecular complexity index is 678. The first-order chi connectivity index (χ1) is 11.2. The van der Waals surface area contributed by atoms with Crippen LogP contribution in [0.15, 0.2) is 22.9 Å². The molecule has 1 spiro atoms. The average Bonchev–Trinajstić information content (AvgIpc) is 2.80. The average molecular weight is 351 g/mol. The summed E-state index contributed by atoms with van der Waals surface area (Å²) in [6.07, 6.45) is 3.31. The zero-order valence-corrected chi connectivity index (χ0v) is 14.8. The molecule has 0 aliphatic carbocycles. The van der Waals surface area contributed by atoms with E-state index in [0.717, 1.165) is 5.56 Å². The summed E-state index contributed by atoms with van der Waals surface area (Å²) in [4.78, 5) is 16.6. The minimum atomic E-state index is -1.42. The highest BCUT2D eigenvalue weighted by molar-refractivity contribution is 7.91. The number of aromatic nitrogens is 1. The van der Waals surface area contributed by atoms with Crippen molar-refractivity contribution < 1.29 is 19.2 Å². The minimum Gasteiger partial charge on any atom is -0.591 e. The lowest BCUT2D eigenvalue weighted by Crippen LogP contribution is -2.52. The lowest BCUT2D eigenvalue weighted by molar-refractivity contribution is 0.0626. The number of carboxylic acid groups (broad SMARTS) is 1. The number of pyridine rings is 1. The maximum atomic E-state index is 12.6. The lowest BCUT2D eigenvalue weighted by atomic mass is 9.85. The maximum absolute atomic E-state index is 12.6. The number of carbonyl (C=O) groups is 1. The minimum absolute atomic E-state index is 0.359. The van der Waals surface area contributed by atoms with E-state index >= 15 is 0 Å². The van der Waals surface area contributed by atoms with Gasteiger partial charge in [0.1, 0.15) is 27.6 Å². The maximum Gasteiger partial charge on any atom is 0.407 e. The third-order valence-corrected chi connectivity index (χ3v) is 5.71. The number of likely N-dealkylation sites (tertiary alicyclic amines) is 1. The molecule has 0 aromatic carbocycles. The predicted molar refractivity (Wildman–Crippen MR) is 90.9 cm³/mol. The van der Waals surface area contributed by atoms with Crippen molar-refractivity contribution in [1.82, 2.24) is 9.88 Å². The molecule has 0 saturated carbocycles. The zero-order chi connectivity index (χ0) is 17.5. The second kappa shape index (κ2) is 5.93. The molecule has 1 atom stereocenters. The first-order valence-corrected chi connectivity index (χ1v) is 8.96. The molecule has 1 fully saturated rings. The number of hydrogen-bond donors (Lipinski definition) is 1. The Labute approximate surface area is 144 Å². The molecule has 2 aliphatic heterocycles. The fourth-order valence-corrected chi connectivity index (χ4v) is 3.62. The zero-order valence-electron chi connectivity index (χ0n) is 14.0. The van der Waals surface area contributed by atoms with Gasteiger partial charge >= 0.3 is 6.09 Å². The molecular formula is C16H21N3O4S. The molecule has 0 bridgehead atoms. The van der Waals surface area contributed by atoms with E-state index < -0.39 is 27.8 Å². The molecule has 1 amide bonds. The Balaban J connectivity index is 1.98. The Morgan fingerprint density at radius 1 is 1.46 bits per heavy atom. The van der Waals surface area contributed by atoms with Crippen LogP contribution in [0.5, 0.6) is 5.75 Å². The van der Waals surface area contributed by atoms with E-state index in [1.165, 1.54) is 4.90 Å². The van der Waals surface area contributed by atoms with Crippen molar-refractivity contribution in [3.63, 3.8) is 0 Å². The van der Waals surface area contributed by atoms with E-state index in [9.17, 15) is 9.35 Å². The first kappa shape index (κ1) is 17.0. The number of amides is 1. The van der Waals surface area contributed by atoms with E-state index in [0.29, 0.717) is 37.4 Å². The second-order valence-electron chi connectivity index (χ2n) is 7.04. The van der Waals surface area contributed by atoms with Crippen molar-refractivity contribution in [2.45, 2.75) is 44.0 Å². The molecule has 7 nitrogen and oxygen atoms in total. The van der Waals surface area contributed by atoms with Crippen LogP contribution in [0.3, 0.4) is 0 Å². The summed E-state index contributed by atoms with van der Waals surface area (Å²) in [5.74, 6) is 0.617. The number of rotatable bonds is 1. The SMILES string of the molecule is CC(C)(C)[S@+]([O-])/N=C1\c2ccncc2OC12CCN(C(=O)O)CC2. The van der Waals surface area contributed by atoms with Crippen LogP contribution in [0.25, 0.3) is 0 Å². The lowest BCUT2D eigenvalue weighted by Gasteiger charge is -2.37. The predicted octanol–water partition coefficient (Wildman–Crippen LogP) is 2.24. The monoisotopic (exact) mass is 351 g/mol. The van der Waals surface area contributed by atoms with Crippen LogP contribution in [0.2, 0.25) is 0 Å². The quantitative estimate of drug-likeness (QED) is 0.783. The van der Waals surface area contributed by atoms with Crippen LogP contribution in [0, 0.1) is 0 Å². The van der Waals surface area contributed by atoms with Crippen molar-refractivity contribution in [1.29, 1.82) is 0 Å². The Kier molecular flexibility index (Phi) is 4.21. The summed E-state index contributed by atoms with van der Waals surface area (Å²) in [6, 6.07) is 1.81. The molecule has 3 heterocycles. The van der Waals surface area contributed by atoms with E-state index in [-0.39, 0.29) is 0 Å². The third-order valence-electron chi connectivity index (χ3n) is 4.32. The van der Waals surface area contributed by atoms with Crippen molar-refractivity contribution in [2.75, 3.05) is 13.1 Å². The van der Waals surface area contributed by atoms with Crippen LogP contribution in [-0.4, -0.2) is 54.8 Å². The third kappa shape index (κ3) is 2.95. The van der Waals surface area contributed by atoms with Crippen LogP contribution in [-0.2, 0) is 11.4 Å². The van der Waals surface area contributed by atoms with E-state index in [4.69, 9.17) is 9.84 Å². The van der Waals surface area contributed by atoms with Crippen LogP contribution < -0.4 is 4.74 Å². The first-order valence-electron chi connectivity index (χ1n) is 7.85. The molecule has 1 aromatic rings. The highest BCUT2D eigenvalue weighted by Gasteiger charge is 2.50. The van der Waals surface area contributed by atoms with Gasteiger partial charge in [-0.1, -0.05) is 4.40 Å². The Morgan fingerprint density at radius 3 is 2.71 bits per heavy atom. The van der Waals surface area contributed by atoms with Crippen molar-refractivity contribution >= 4 is 23.2 Å². The molecule has 2 aliphatic rings. The van der Waals surface area contributed by atoms with Crippen LogP contribution >= 0.6 is 0 Å². The van der Waals surface area contributed by atoms with E-state index in [1.54, 1.807) is 12.4 Å². The van der Waals surface area contributed by atoms with E-state index in [1.807, 2.05) is 26.8 Å². The van der Waals surface area contributed by atoms with Gasteiger partial charge in [-0.2, -0.15) is 0 Å². The van der Waals surface area contributed by atoms with E-state index in [2.05, 4.69) is 9.38 Å². The van der Waals surface area contributed by atoms with Gasteiger partial charge < -0.3 is 19.3 Å². The van der Waals surface area contributed by atoms with Gasteiger partial charge in [0.25, 0.3) is 0 Å². The number of nitrogens with zero attached hydrogens (tertiary/aromatic N) is 3. The molecular weight excluding hydrogens is 330 g/mol. The Morgan fingerprint density at radius 2 is 2.12 bits per heavy atom. The van der Waals surface area contributed by atoms with Gasteiger partial charge in [0, 0.05) is 37.7 Å². The molecule has 1 N–H and O–H groups in total. The molecule has 1 saturated heterocycles. The molecule has 0 radical (unpaired) electrons. The molecule has 1 aromatic heterocycles. The standard InChI is InChI=1S/C16H21N3O4S/c1-15(2,3)24(22)18-13-11-4-7-17-10-12(11)23-16(13)5-8-19(9-6-16)14(20)21/h4,7,10H,5-6,8-9H2,1-3H3,(H,20,21)/b18-13+/t24-/m0/s1. The normalized spacial score (nSPS) is 22.3. The second-order valence-corrected chi connectivity index (χ2v) is 8.94. The van der Waals surface area contributed by atoms with Gasteiger partial charge in [-0.25, -0.2) is 4.79 Å². The fraction of sp³-hybridized carbons (Fsp3) is 0.562. The van der Waals surface area contributed by atoms with Crippen molar-refractivity contribution in [3.05, 3.63) is 24.0 Å². The number of ether oxygens (including phenoxy) is 1. The largest absolute Gasteiger partial charge is 0.591 e. The number of hydrogen-bond acceptors (Lipinski definition) is 5. The van der Waals surface area contributed by atoms with Gasteiger partial charge in [0.2, 0.25) is 0 Å². The highest BCUT2D eigenvalue weighted by Crippen LogP contribution is 2.42. The van der Waals surface area contributed by atoms with Gasteiger partial charge in [0.05, 0.1) is 6.20 Å². The summed E-state index contributed by atoms with van der Waals surface area (Å²) in [7, 11) is 0. The molecule has 8 heteroatoms. The summed E-state index contributed by atoms with van der Waals surface area (Å²) in [5.41, 5.74) is 0.725. The highest BCUT2D eigenvalue weighted by atomic mass is 32.2. The molecule has 130 valence electrons. The Hall–Kier alpha value is -1.80. The fourth-order valence-electron chi connectivity index (χ4n) is 2.91. The van der Waals surface area contributed by atoms with Gasteiger partial charge in [0.15, 0.2) is 5.60 Å². The molecule has 0 unspecified atom stereocenters. The smallest absolute Gasteiger partial charge is 0.407 e.